The van der Waals surface area contributed by atoms with Gasteiger partial charge in [-0.15, -0.1) is 0 Å². The Hall–Kier alpha value is -2.20. The smallest absolute Gasteiger partial charge is 0.413 e. The van der Waals surface area contributed by atoms with E-state index in [-0.39, 0.29) is 23.6 Å². The van der Waals surface area contributed by atoms with Crippen LogP contribution in [0.5, 0.6) is 0 Å². The summed E-state index contributed by atoms with van der Waals surface area (Å²) in [6, 6.07) is -0.877. The molecule has 0 spiro atoms. The fraction of sp³-hybridized carbons (Fsp3) is 0.565. The molecule has 0 N–H and O–H groups in total. The first-order valence-corrected chi connectivity index (χ1v) is 12.7. The number of anilines is 1. The van der Waals surface area contributed by atoms with Gasteiger partial charge in [-0.25, -0.2) is 28.5 Å². The molecule has 34 heavy (non-hydrogen) atoms. The lowest BCUT2D eigenvalue weighted by Gasteiger charge is -2.48. The van der Waals surface area contributed by atoms with Crippen molar-refractivity contribution in [3.05, 3.63) is 22.7 Å². The van der Waals surface area contributed by atoms with Crippen LogP contribution >= 0.6 is 23.4 Å². The minimum absolute atomic E-state index is 0.0687. The lowest BCUT2D eigenvalue weighted by molar-refractivity contribution is -0.0545. The van der Waals surface area contributed by atoms with Gasteiger partial charge in [0.05, 0.1) is 29.7 Å². The zero-order chi connectivity index (χ0) is 24.6. The maximum atomic E-state index is 16.4. The second kappa shape index (κ2) is 7.91. The predicted molar refractivity (Wildman–Crippen MR) is 128 cm³/mol. The molecule has 0 saturated carbocycles. The van der Waals surface area contributed by atoms with Gasteiger partial charge < -0.3 is 9.64 Å². The molecule has 7 nitrogen and oxygen atoms in total. The molecule has 0 radical (unpaired) electrons. The summed E-state index contributed by atoms with van der Waals surface area (Å²) in [4.78, 5) is 29.6. The van der Waals surface area contributed by atoms with Gasteiger partial charge in [0.2, 0.25) is 5.79 Å². The van der Waals surface area contributed by atoms with Crippen LogP contribution in [0.2, 0.25) is 5.15 Å². The number of aromatic nitrogens is 3. The Morgan fingerprint density at radius 2 is 2.09 bits per heavy atom. The number of thioether (sulfide) groups is 1. The summed E-state index contributed by atoms with van der Waals surface area (Å²) in [6.45, 7) is 8.95. The molecule has 5 heterocycles. The van der Waals surface area contributed by atoms with E-state index < -0.39 is 35.4 Å². The van der Waals surface area contributed by atoms with Gasteiger partial charge in [-0.2, -0.15) is 0 Å². The molecule has 2 aromatic heterocycles. The number of carbonyl (C=O) groups excluding carboxylic acids is 1. The fourth-order valence-corrected chi connectivity index (χ4v) is 5.86. The lowest BCUT2D eigenvalue weighted by atomic mass is 10.0. The molecule has 2 fully saturated rings. The lowest BCUT2D eigenvalue weighted by Crippen LogP contribution is -2.66. The fourth-order valence-electron chi connectivity index (χ4n) is 5.12. The Balaban J connectivity index is 1.70. The topological polar surface area (TPSA) is 71.5 Å². The SMILES string of the molecule is CCSc1nc2c3c(nc(Cl)c(F)c3n1)C(C)=C[C@@H]1[C@@H]3CC[C@](F)(CN21)N3C(=O)OC(C)(C)C. The van der Waals surface area contributed by atoms with Crippen LogP contribution in [0.15, 0.2) is 11.2 Å². The summed E-state index contributed by atoms with van der Waals surface area (Å²) in [5.74, 6) is -1.57. The quantitative estimate of drug-likeness (QED) is 0.226. The van der Waals surface area contributed by atoms with E-state index in [2.05, 4.69) is 9.97 Å². The van der Waals surface area contributed by atoms with Crippen LogP contribution in [0.25, 0.3) is 16.5 Å². The number of hydrogen-bond donors (Lipinski definition) is 0. The molecule has 2 bridgehead atoms. The molecular weight excluding hydrogens is 484 g/mol. The highest BCUT2D eigenvalue weighted by Gasteiger charge is 2.59. The number of rotatable bonds is 2. The Morgan fingerprint density at radius 1 is 1.35 bits per heavy atom. The monoisotopic (exact) mass is 509 g/mol. The highest BCUT2D eigenvalue weighted by atomic mass is 35.5. The van der Waals surface area contributed by atoms with Gasteiger partial charge in [-0.1, -0.05) is 36.4 Å². The van der Waals surface area contributed by atoms with Gasteiger partial charge in [-0.3, -0.25) is 4.90 Å². The molecule has 182 valence electrons. The Bertz CT molecular complexity index is 1240. The number of carbonyl (C=O) groups is 1. The Morgan fingerprint density at radius 3 is 2.76 bits per heavy atom. The van der Waals surface area contributed by atoms with Crippen LogP contribution < -0.4 is 4.90 Å². The van der Waals surface area contributed by atoms with E-state index in [9.17, 15) is 4.79 Å². The van der Waals surface area contributed by atoms with E-state index in [0.717, 1.165) is 5.57 Å². The number of fused-ring (bicyclic) bond motifs is 5. The summed E-state index contributed by atoms with van der Waals surface area (Å²) in [5, 5.41) is 0.517. The molecule has 0 unspecified atom stereocenters. The normalized spacial score (nSPS) is 25.8. The van der Waals surface area contributed by atoms with Crippen molar-refractivity contribution in [1.82, 2.24) is 19.9 Å². The van der Waals surface area contributed by atoms with Crippen molar-refractivity contribution in [1.29, 1.82) is 0 Å². The molecule has 2 aromatic rings. The minimum Gasteiger partial charge on any atom is -0.444 e. The van der Waals surface area contributed by atoms with Crippen molar-refractivity contribution in [3.8, 4) is 0 Å². The van der Waals surface area contributed by atoms with Gasteiger partial charge in [0.1, 0.15) is 16.9 Å². The number of pyridine rings is 1. The van der Waals surface area contributed by atoms with Crippen molar-refractivity contribution < 1.29 is 18.3 Å². The van der Waals surface area contributed by atoms with Gasteiger partial charge >= 0.3 is 6.09 Å². The molecule has 0 aromatic carbocycles. The standard InChI is InChI=1S/C23H26ClF2N5O2S/c1-6-34-20-28-17-14-16(27-18(24)15(17)25)11(2)9-13-12-7-8-23(26,10-30(13)19(14)29-20)31(12)21(32)33-22(3,4)5/h9,12-13H,6-8,10H2,1-5H3/t12-,13+,23+/m0/s1. The minimum atomic E-state index is -1.94. The van der Waals surface area contributed by atoms with E-state index in [0.29, 0.717) is 34.2 Å². The molecule has 3 aliphatic heterocycles. The average Bonchev–Trinajstić information content (AvgIpc) is 2.95. The number of amides is 1. The van der Waals surface area contributed by atoms with Crippen molar-refractivity contribution in [2.45, 2.75) is 76.1 Å². The maximum absolute atomic E-state index is 16.4. The number of piperazine rings is 1. The summed E-state index contributed by atoms with van der Waals surface area (Å²) in [5.41, 5.74) is 0.520. The maximum Gasteiger partial charge on any atom is 0.413 e. The van der Waals surface area contributed by atoms with Crippen LogP contribution in [-0.4, -0.2) is 61.7 Å². The van der Waals surface area contributed by atoms with Gasteiger partial charge in [0.25, 0.3) is 0 Å². The number of alkyl halides is 1. The third kappa shape index (κ3) is 3.61. The van der Waals surface area contributed by atoms with Crippen molar-refractivity contribution >= 4 is 51.7 Å². The number of hydrogen-bond acceptors (Lipinski definition) is 7. The number of allylic oxidation sites excluding steroid dienone is 1. The molecular formula is C23H26ClF2N5O2S. The number of nitrogens with zero attached hydrogens (tertiary/aromatic N) is 5. The molecule has 3 atom stereocenters. The first-order chi connectivity index (χ1) is 15.9. The van der Waals surface area contributed by atoms with Crippen LogP contribution in [0, 0.1) is 5.82 Å². The number of ether oxygens (including phenoxy) is 1. The summed E-state index contributed by atoms with van der Waals surface area (Å²) < 4.78 is 37.1. The molecule has 5 rings (SSSR count). The first-order valence-electron chi connectivity index (χ1n) is 11.3. The highest BCUT2D eigenvalue weighted by Crippen LogP contribution is 2.49. The van der Waals surface area contributed by atoms with E-state index >= 15 is 8.78 Å². The van der Waals surface area contributed by atoms with Crippen molar-refractivity contribution in [2.24, 2.45) is 0 Å². The zero-order valence-electron chi connectivity index (χ0n) is 19.7. The van der Waals surface area contributed by atoms with Gasteiger partial charge in [0, 0.05) is 6.42 Å². The third-order valence-electron chi connectivity index (χ3n) is 6.39. The molecule has 3 aliphatic rings. The van der Waals surface area contributed by atoms with Gasteiger partial charge in [-0.05, 0) is 45.4 Å². The number of halogens is 3. The molecule has 11 heteroatoms. The zero-order valence-corrected chi connectivity index (χ0v) is 21.2. The van der Waals surface area contributed by atoms with Gasteiger partial charge in [0.15, 0.2) is 16.1 Å². The van der Waals surface area contributed by atoms with Crippen molar-refractivity contribution in [3.63, 3.8) is 0 Å². The van der Waals surface area contributed by atoms with E-state index in [1.165, 1.54) is 16.7 Å². The predicted octanol–water partition coefficient (Wildman–Crippen LogP) is 5.60. The largest absolute Gasteiger partial charge is 0.444 e. The second-order valence-corrected chi connectivity index (χ2v) is 11.5. The van der Waals surface area contributed by atoms with Crippen LogP contribution in [-0.2, 0) is 4.74 Å². The van der Waals surface area contributed by atoms with Crippen LogP contribution in [0.3, 0.4) is 0 Å². The van der Waals surface area contributed by atoms with E-state index in [1.54, 1.807) is 20.8 Å². The Labute approximate surface area is 205 Å². The first kappa shape index (κ1) is 23.5. The summed E-state index contributed by atoms with van der Waals surface area (Å²) >= 11 is 7.50. The van der Waals surface area contributed by atoms with E-state index in [1.807, 2.05) is 24.8 Å². The molecule has 2 saturated heterocycles. The summed E-state index contributed by atoms with van der Waals surface area (Å²) in [7, 11) is 0. The van der Waals surface area contributed by atoms with Crippen LogP contribution in [0.4, 0.5) is 19.4 Å². The Kier molecular flexibility index (Phi) is 5.48. The highest BCUT2D eigenvalue weighted by molar-refractivity contribution is 7.99. The molecule has 1 amide bonds. The van der Waals surface area contributed by atoms with E-state index in [4.69, 9.17) is 21.3 Å². The third-order valence-corrected chi connectivity index (χ3v) is 7.37. The second-order valence-electron chi connectivity index (χ2n) is 9.89. The summed E-state index contributed by atoms with van der Waals surface area (Å²) in [6.07, 6.45) is 1.91. The van der Waals surface area contributed by atoms with Crippen molar-refractivity contribution in [2.75, 3.05) is 17.2 Å². The average molecular weight is 510 g/mol. The molecule has 0 aliphatic carbocycles. The van der Waals surface area contributed by atoms with Crippen LogP contribution in [0.1, 0.15) is 53.2 Å².